The van der Waals surface area contributed by atoms with Crippen molar-refractivity contribution in [2.45, 2.75) is 44.4 Å². The molecule has 1 aromatic heterocycles. The van der Waals surface area contributed by atoms with Gasteiger partial charge in [-0.05, 0) is 31.6 Å². The molecule has 2 fully saturated rings. The topological polar surface area (TPSA) is 76.5 Å². The number of urea groups is 1. The number of nitrogens with one attached hydrogen (secondary N) is 1. The van der Waals surface area contributed by atoms with Crippen LogP contribution in [0.4, 0.5) is 18.0 Å². The number of carbonyl (C=O) groups is 1. The quantitative estimate of drug-likeness (QED) is 0.858. The van der Waals surface area contributed by atoms with Gasteiger partial charge in [-0.25, -0.2) is 9.78 Å². The molecule has 0 bridgehead atoms. The van der Waals surface area contributed by atoms with Crippen molar-refractivity contribution in [3.63, 3.8) is 0 Å². The van der Waals surface area contributed by atoms with E-state index in [2.05, 4.69) is 10.3 Å². The number of aromatic nitrogens is 2. The Kier molecular flexibility index (Phi) is 6.03. The molecule has 3 heterocycles. The lowest BCUT2D eigenvalue weighted by molar-refractivity contribution is -0.141. The Hall–Kier alpha value is -2.10. The van der Waals surface area contributed by atoms with Crippen molar-refractivity contribution in [2.75, 3.05) is 26.3 Å². The molecule has 0 unspecified atom stereocenters. The fourth-order valence-corrected chi connectivity index (χ4v) is 3.42. The Bertz CT molecular complexity index is 708. The predicted molar refractivity (Wildman–Crippen MR) is 90.2 cm³/mol. The summed E-state index contributed by atoms with van der Waals surface area (Å²) in [6.45, 7) is 2.73. The highest BCUT2D eigenvalue weighted by Gasteiger charge is 2.33. The summed E-state index contributed by atoms with van der Waals surface area (Å²) in [5.41, 5.74) is -1.89. The molecule has 0 atom stereocenters. The van der Waals surface area contributed by atoms with E-state index in [0.717, 1.165) is 19.2 Å². The van der Waals surface area contributed by atoms with E-state index in [9.17, 15) is 22.8 Å². The van der Waals surface area contributed by atoms with Crippen LogP contribution in [0.3, 0.4) is 0 Å². The third-order valence-corrected chi connectivity index (χ3v) is 5.08. The molecule has 2 aliphatic rings. The number of halogens is 3. The molecule has 0 aromatic carbocycles. The monoisotopic (exact) mass is 388 g/mol. The molecule has 150 valence electrons. The zero-order valence-electron chi connectivity index (χ0n) is 14.9. The van der Waals surface area contributed by atoms with Gasteiger partial charge in [-0.3, -0.25) is 9.36 Å². The van der Waals surface area contributed by atoms with Crippen LogP contribution in [-0.4, -0.2) is 52.8 Å². The van der Waals surface area contributed by atoms with Gasteiger partial charge >= 0.3 is 12.2 Å². The summed E-state index contributed by atoms with van der Waals surface area (Å²) < 4.78 is 44.2. The lowest BCUT2D eigenvalue weighted by atomic mass is 9.97. The summed E-state index contributed by atoms with van der Waals surface area (Å²) in [7, 11) is 0. The lowest BCUT2D eigenvalue weighted by Crippen LogP contribution is -2.49. The minimum absolute atomic E-state index is 0.0892. The summed E-state index contributed by atoms with van der Waals surface area (Å²) in [4.78, 5) is 29.3. The Morgan fingerprint density at radius 1 is 1.22 bits per heavy atom. The fraction of sp³-hybridized carbons (Fsp3) is 0.706. The van der Waals surface area contributed by atoms with E-state index in [1.165, 1.54) is 4.57 Å². The van der Waals surface area contributed by atoms with Crippen LogP contribution in [-0.2, 0) is 17.5 Å². The van der Waals surface area contributed by atoms with Gasteiger partial charge < -0.3 is 15.0 Å². The number of piperidine rings is 1. The van der Waals surface area contributed by atoms with Crippen molar-refractivity contribution in [3.05, 3.63) is 28.4 Å². The number of carbonyl (C=O) groups excluding carboxylic acids is 1. The number of alkyl halides is 3. The molecule has 2 saturated heterocycles. The highest BCUT2D eigenvalue weighted by atomic mass is 19.4. The van der Waals surface area contributed by atoms with Crippen molar-refractivity contribution in [3.8, 4) is 0 Å². The van der Waals surface area contributed by atoms with Crippen LogP contribution in [0.5, 0.6) is 0 Å². The second-order valence-electron chi connectivity index (χ2n) is 7.03. The molecule has 1 aromatic rings. The summed E-state index contributed by atoms with van der Waals surface area (Å²) in [5.74, 6) is 0.119. The van der Waals surface area contributed by atoms with Crippen LogP contribution < -0.4 is 10.9 Å². The Labute approximate surface area is 154 Å². The van der Waals surface area contributed by atoms with Crippen LogP contribution in [0.15, 0.2) is 17.2 Å². The fourth-order valence-electron chi connectivity index (χ4n) is 3.42. The first-order valence-electron chi connectivity index (χ1n) is 9.10. The SMILES string of the molecule is O=C(NC1CCOCC1)N1CCC(Cn2cnc(C(F)(F)F)cc2=O)CC1. The van der Waals surface area contributed by atoms with Gasteiger partial charge in [0.05, 0.1) is 6.33 Å². The third-order valence-electron chi connectivity index (χ3n) is 5.08. The number of hydrogen-bond acceptors (Lipinski definition) is 4. The van der Waals surface area contributed by atoms with Crippen molar-refractivity contribution in [1.29, 1.82) is 0 Å². The molecule has 2 aliphatic heterocycles. The molecular weight excluding hydrogens is 365 g/mol. The molecular formula is C17H23F3N4O3. The van der Waals surface area contributed by atoms with E-state index < -0.39 is 17.4 Å². The van der Waals surface area contributed by atoms with E-state index in [4.69, 9.17) is 4.74 Å². The van der Waals surface area contributed by atoms with Gasteiger partial charge in [-0.15, -0.1) is 0 Å². The van der Waals surface area contributed by atoms with Crippen molar-refractivity contribution in [1.82, 2.24) is 19.8 Å². The lowest BCUT2D eigenvalue weighted by Gasteiger charge is -2.34. The van der Waals surface area contributed by atoms with E-state index in [-0.39, 0.29) is 18.0 Å². The maximum absolute atomic E-state index is 12.6. The number of amides is 2. The van der Waals surface area contributed by atoms with Gasteiger partial charge in [-0.1, -0.05) is 0 Å². The molecule has 7 nitrogen and oxygen atoms in total. The van der Waals surface area contributed by atoms with Crippen molar-refractivity contribution >= 4 is 6.03 Å². The maximum Gasteiger partial charge on any atom is 0.433 e. The van der Waals surface area contributed by atoms with Gasteiger partial charge in [0.15, 0.2) is 5.69 Å². The Morgan fingerprint density at radius 2 is 1.89 bits per heavy atom. The second kappa shape index (κ2) is 8.28. The molecule has 2 amide bonds. The molecule has 27 heavy (non-hydrogen) atoms. The summed E-state index contributed by atoms with van der Waals surface area (Å²) in [6, 6.07) is 0.575. The zero-order chi connectivity index (χ0) is 19.4. The van der Waals surface area contributed by atoms with Gasteiger partial charge in [0.2, 0.25) is 0 Å². The van der Waals surface area contributed by atoms with E-state index in [1.807, 2.05) is 0 Å². The molecule has 10 heteroatoms. The smallest absolute Gasteiger partial charge is 0.381 e. The summed E-state index contributed by atoms with van der Waals surface area (Å²) >= 11 is 0. The van der Waals surface area contributed by atoms with Gasteiger partial charge in [-0.2, -0.15) is 13.2 Å². The van der Waals surface area contributed by atoms with Crippen molar-refractivity contribution < 1.29 is 22.7 Å². The van der Waals surface area contributed by atoms with Crippen LogP contribution in [0.1, 0.15) is 31.4 Å². The van der Waals surface area contributed by atoms with Crippen LogP contribution in [0.25, 0.3) is 0 Å². The molecule has 1 N–H and O–H groups in total. The normalized spacial score (nSPS) is 19.9. The number of rotatable bonds is 3. The highest BCUT2D eigenvalue weighted by Crippen LogP contribution is 2.26. The third kappa shape index (κ3) is 5.21. The van der Waals surface area contributed by atoms with E-state index in [0.29, 0.717) is 51.8 Å². The molecule has 0 saturated carbocycles. The zero-order valence-corrected chi connectivity index (χ0v) is 14.9. The van der Waals surface area contributed by atoms with Gasteiger partial charge in [0.25, 0.3) is 5.56 Å². The minimum Gasteiger partial charge on any atom is -0.381 e. The maximum atomic E-state index is 12.6. The van der Waals surface area contributed by atoms with Gasteiger partial charge in [0.1, 0.15) is 0 Å². The minimum atomic E-state index is -4.62. The Balaban J connectivity index is 1.49. The van der Waals surface area contributed by atoms with E-state index in [1.54, 1.807) is 4.90 Å². The van der Waals surface area contributed by atoms with Crippen LogP contribution >= 0.6 is 0 Å². The van der Waals surface area contributed by atoms with Crippen LogP contribution in [0, 0.1) is 5.92 Å². The standard InChI is InChI=1S/C17H23F3N4O3/c18-17(19,20)14-9-15(25)24(11-21-14)10-12-1-5-23(6-2-12)16(26)22-13-3-7-27-8-4-13/h9,11-13H,1-8,10H2,(H,22,26). The Morgan fingerprint density at radius 3 is 2.48 bits per heavy atom. The average molecular weight is 388 g/mol. The average Bonchev–Trinajstić information content (AvgIpc) is 2.64. The molecule has 0 radical (unpaired) electrons. The van der Waals surface area contributed by atoms with E-state index >= 15 is 0 Å². The molecule has 3 rings (SSSR count). The number of hydrogen-bond donors (Lipinski definition) is 1. The largest absolute Gasteiger partial charge is 0.433 e. The van der Waals surface area contributed by atoms with Gasteiger partial charge in [0, 0.05) is 45.0 Å². The first-order chi connectivity index (χ1) is 12.8. The summed E-state index contributed by atoms with van der Waals surface area (Å²) in [6.07, 6.45) is -0.668. The highest BCUT2D eigenvalue weighted by molar-refractivity contribution is 5.74. The predicted octanol–water partition coefficient (Wildman–Crippen LogP) is 1.86. The summed E-state index contributed by atoms with van der Waals surface area (Å²) in [5, 5.41) is 3.02. The molecule has 0 aliphatic carbocycles. The number of ether oxygens (including phenoxy) is 1. The second-order valence-corrected chi connectivity index (χ2v) is 7.03. The number of likely N-dealkylation sites (tertiary alicyclic amines) is 1. The van der Waals surface area contributed by atoms with Crippen LogP contribution in [0.2, 0.25) is 0 Å². The molecule has 0 spiro atoms. The number of nitrogens with zero attached hydrogens (tertiary/aromatic N) is 3. The van der Waals surface area contributed by atoms with Crippen molar-refractivity contribution in [2.24, 2.45) is 5.92 Å². The first kappa shape index (κ1) is 19.7. The first-order valence-corrected chi connectivity index (χ1v) is 9.10.